The Morgan fingerprint density at radius 2 is 1.82 bits per heavy atom. The highest BCUT2D eigenvalue weighted by atomic mass is 16.6. The summed E-state index contributed by atoms with van der Waals surface area (Å²) >= 11 is 0. The number of para-hydroxylation sites is 1. The number of hydrogen-bond donors (Lipinski definition) is 1. The molecule has 7 heteroatoms. The minimum Gasteiger partial charge on any atom is -0.478 e. The van der Waals surface area contributed by atoms with Gasteiger partial charge < -0.3 is 9.84 Å². The molecule has 22 heavy (non-hydrogen) atoms. The fraction of sp³-hybridized carbons (Fsp3) is 0.0667. The lowest BCUT2D eigenvalue weighted by atomic mass is 10.0. The maximum Gasteiger partial charge on any atom is 0.335 e. The van der Waals surface area contributed by atoms with E-state index in [1.54, 1.807) is 30.3 Å². The molecule has 2 aromatic rings. The number of carbonyl (C=O) groups is 2. The van der Waals surface area contributed by atoms with Gasteiger partial charge in [-0.15, -0.1) is 0 Å². The molecular formula is C15H11NO6. The molecular weight excluding hydrogens is 290 g/mol. The van der Waals surface area contributed by atoms with E-state index in [-0.39, 0.29) is 16.9 Å². The number of benzene rings is 2. The number of nitrogens with zero attached hydrogens (tertiary/aromatic N) is 1. The largest absolute Gasteiger partial charge is 0.478 e. The zero-order valence-corrected chi connectivity index (χ0v) is 11.5. The van der Waals surface area contributed by atoms with E-state index < -0.39 is 22.4 Å². The summed E-state index contributed by atoms with van der Waals surface area (Å²) in [6, 6.07) is 10.1. The Morgan fingerprint density at radius 3 is 2.32 bits per heavy atom. The van der Waals surface area contributed by atoms with Crippen LogP contribution in [-0.2, 0) is 0 Å². The number of hydrogen-bond acceptors (Lipinski definition) is 5. The third-order valence-electron chi connectivity index (χ3n) is 2.86. The van der Waals surface area contributed by atoms with Gasteiger partial charge in [-0.2, -0.15) is 0 Å². The molecule has 0 radical (unpaired) electrons. The van der Waals surface area contributed by atoms with Crippen LogP contribution in [0.1, 0.15) is 27.6 Å². The monoisotopic (exact) mass is 301 g/mol. The Hall–Kier alpha value is -3.22. The number of aromatic carboxylic acids is 1. The number of nitro benzene ring substituents is 1. The molecule has 0 unspecified atom stereocenters. The SMILES string of the molecule is CC(=O)c1cc(C(=O)O)cc([N+](=O)[O-])c1Oc1ccccc1. The summed E-state index contributed by atoms with van der Waals surface area (Å²) in [6.07, 6.45) is 0. The van der Waals surface area contributed by atoms with E-state index in [9.17, 15) is 19.7 Å². The van der Waals surface area contributed by atoms with Crippen LogP contribution in [-0.4, -0.2) is 21.8 Å². The molecule has 0 aromatic heterocycles. The Kier molecular flexibility index (Phi) is 4.17. The molecule has 0 fully saturated rings. The van der Waals surface area contributed by atoms with Gasteiger partial charge in [0.2, 0.25) is 5.75 Å². The van der Waals surface area contributed by atoms with Crippen molar-refractivity contribution in [3.8, 4) is 11.5 Å². The second-order valence-corrected chi connectivity index (χ2v) is 4.41. The Morgan fingerprint density at radius 1 is 1.18 bits per heavy atom. The number of nitro groups is 1. The van der Waals surface area contributed by atoms with E-state index >= 15 is 0 Å². The third-order valence-corrected chi connectivity index (χ3v) is 2.86. The second-order valence-electron chi connectivity index (χ2n) is 4.41. The van der Waals surface area contributed by atoms with Crippen molar-refractivity contribution >= 4 is 17.4 Å². The fourth-order valence-electron chi connectivity index (χ4n) is 1.85. The van der Waals surface area contributed by atoms with E-state index in [1.165, 1.54) is 6.92 Å². The summed E-state index contributed by atoms with van der Waals surface area (Å²) < 4.78 is 5.44. The summed E-state index contributed by atoms with van der Waals surface area (Å²) in [5, 5.41) is 20.2. The average Bonchev–Trinajstić information content (AvgIpc) is 2.47. The predicted octanol–water partition coefficient (Wildman–Crippen LogP) is 3.29. The van der Waals surface area contributed by atoms with Gasteiger partial charge >= 0.3 is 11.7 Å². The van der Waals surface area contributed by atoms with Crippen LogP contribution in [0.25, 0.3) is 0 Å². The van der Waals surface area contributed by atoms with Crippen LogP contribution < -0.4 is 4.74 Å². The first kappa shape index (κ1) is 15.2. The smallest absolute Gasteiger partial charge is 0.335 e. The van der Waals surface area contributed by atoms with Crippen LogP contribution in [0.4, 0.5) is 5.69 Å². The molecule has 0 saturated heterocycles. The predicted molar refractivity (Wildman–Crippen MR) is 76.6 cm³/mol. The summed E-state index contributed by atoms with van der Waals surface area (Å²) in [5.74, 6) is -1.86. The number of carboxylic acid groups (broad SMARTS) is 1. The van der Waals surface area contributed by atoms with Crippen molar-refractivity contribution in [1.29, 1.82) is 0 Å². The van der Waals surface area contributed by atoms with Gasteiger partial charge in [0, 0.05) is 6.07 Å². The third kappa shape index (κ3) is 3.09. The normalized spacial score (nSPS) is 10.0. The molecule has 0 atom stereocenters. The number of rotatable bonds is 5. The minimum absolute atomic E-state index is 0.157. The standard InChI is InChI=1S/C15H11NO6/c1-9(17)12-7-10(15(18)19)8-13(16(20)21)14(12)22-11-5-3-2-4-6-11/h2-8H,1H3,(H,18,19). The van der Waals surface area contributed by atoms with Crippen LogP contribution in [0.3, 0.4) is 0 Å². The number of Topliss-reactive ketones (excluding diaryl/α,β-unsaturated/α-hetero) is 1. The highest BCUT2D eigenvalue weighted by Crippen LogP contribution is 2.36. The number of ketones is 1. The molecule has 0 amide bonds. The van der Waals surface area contributed by atoms with Crippen LogP contribution >= 0.6 is 0 Å². The van der Waals surface area contributed by atoms with E-state index in [4.69, 9.17) is 9.84 Å². The van der Waals surface area contributed by atoms with Crippen molar-refractivity contribution in [1.82, 2.24) is 0 Å². The van der Waals surface area contributed by atoms with E-state index in [0.29, 0.717) is 5.75 Å². The minimum atomic E-state index is -1.36. The molecule has 112 valence electrons. The van der Waals surface area contributed by atoms with Crippen LogP contribution in [0.2, 0.25) is 0 Å². The van der Waals surface area contributed by atoms with Crippen LogP contribution in [0, 0.1) is 10.1 Å². The molecule has 7 nitrogen and oxygen atoms in total. The van der Waals surface area contributed by atoms with Crippen LogP contribution in [0.15, 0.2) is 42.5 Å². The molecule has 0 aliphatic carbocycles. The summed E-state index contributed by atoms with van der Waals surface area (Å²) in [6.45, 7) is 1.18. The van der Waals surface area contributed by atoms with E-state index in [2.05, 4.69) is 0 Å². The van der Waals surface area contributed by atoms with Gasteiger partial charge in [0.15, 0.2) is 5.78 Å². The van der Waals surface area contributed by atoms with Crippen molar-refractivity contribution in [2.24, 2.45) is 0 Å². The maximum absolute atomic E-state index is 11.7. The lowest BCUT2D eigenvalue weighted by molar-refractivity contribution is -0.385. The van der Waals surface area contributed by atoms with Crippen molar-refractivity contribution in [3.05, 3.63) is 63.7 Å². The molecule has 0 heterocycles. The van der Waals surface area contributed by atoms with Gasteiger partial charge in [0.1, 0.15) is 5.75 Å². The molecule has 0 spiro atoms. The molecule has 2 rings (SSSR count). The van der Waals surface area contributed by atoms with Gasteiger partial charge in [-0.1, -0.05) is 18.2 Å². The summed E-state index contributed by atoms with van der Waals surface area (Å²) in [7, 11) is 0. The molecule has 1 N–H and O–H groups in total. The lowest BCUT2D eigenvalue weighted by Gasteiger charge is -2.11. The number of ether oxygens (including phenoxy) is 1. The van der Waals surface area contributed by atoms with Crippen molar-refractivity contribution in [3.63, 3.8) is 0 Å². The topological polar surface area (TPSA) is 107 Å². The molecule has 0 saturated carbocycles. The highest BCUT2D eigenvalue weighted by Gasteiger charge is 2.26. The first-order chi connectivity index (χ1) is 10.4. The first-order valence-corrected chi connectivity index (χ1v) is 6.19. The quantitative estimate of drug-likeness (QED) is 0.516. The second kappa shape index (κ2) is 6.04. The van der Waals surface area contributed by atoms with Gasteiger partial charge in [0.25, 0.3) is 0 Å². The van der Waals surface area contributed by atoms with Gasteiger partial charge in [-0.05, 0) is 25.1 Å². The van der Waals surface area contributed by atoms with Gasteiger partial charge in [-0.3, -0.25) is 14.9 Å². The zero-order valence-electron chi connectivity index (χ0n) is 11.5. The van der Waals surface area contributed by atoms with Crippen molar-refractivity contribution in [2.75, 3.05) is 0 Å². The number of carbonyl (C=O) groups excluding carboxylic acids is 1. The molecule has 0 bridgehead atoms. The fourth-order valence-corrected chi connectivity index (χ4v) is 1.85. The van der Waals surface area contributed by atoms with Gasteiger partial charge in [0.05, 0.1) is 16.1 Å². The Labute approximate surface area is 124 Å². The summed E-state index contributed by atoms with van der Waals surface area (Å²) in [5.41, 5.74) is -1.08. The zero-order chi connectivity index (χ0) is 16.3. The Bertz CT molecular complexity index is 719. The molecule has 0 aliphatic heterocycles. The van der Waals surface area contributed by atoms with Gasteiger partial charge in [-0.25, -0.2) is 4.79 Å². The van der Waals surface area contributed by atoms with Crippen molar-refractivity contribution in [2.45, 2.75) is 6.92 Å². The maximum atomic E-state index is 11.7. The summed E-state index contributed by atoms with van der Waals surface area (Å²) in [4.78, 5) is 33.2. The van der Waals surface area contributed by atoms with E-state index in [0.717, 1.165) is 12.1 Å². The Balaban J connectivity index is 2.66. The van der Waals surface area contributed by atoms with Crippen molar-refractivity contribution < 1.29 is 24.4 Å². The first-order valence-electron chi connectivity index (χ1n) is 6.19. The van der Waals surface area contributed by atoms with Crippen LogP contribution in [0.5, 0.6) is 11.5 Å². The molecule has 0 aliphatic rings. The average molecular weight is 301 g/mol. The number of carboxylic acids is 1. The highest BCUT2D eigenvalue weighted by molar-refractivity contribution is 6.01. The molecule has 2 aromatic carbocycles. The lowest BCUT2D eigenvalue weighted by Crippen LogP contribution is -2.06. The van der Waals surface area contributed by atoms with E-state index in [1.807, 2.05) is 0 Å².